The summed E-state index contributed by atoms with van der Waals surface area (Å²) in [6.07, 6.45) is 4.56. The molecule has 0 bridgehead atoms. The third-order valence-electron chi connectivity index (χ3n) is 5.28. The Kier molecular flexibility index (Phi) is 5.22. The molecule has 1 aromatic carbocycles. The second-order valence-electron chi connectivity index (χ2n) is 7.40. The predicted molar refractivity (Wildman–Crippen MR) is 105 cm³/mol. The Hall–Kier alpha value is -2.96. The molecule has 2 fully saturated rings. The van der Waals surface area contributed by atoms with Gasteiger partial charge in [0.1, 0.15) is 0 Å². The fourth-order valence-corrected chi connectivity index (χ4v) is 3.65. The van der Waals surface area contributed by atoms with Crippen LogP contribution in [-0.2, 0) is 4.79 Å². The van der Waals surface area contributed by atoms with Gasteiger partial charge >= 0.3 is 0 Å². The number of hydrogen-bond donors (Lipinski definition) is 2. The number of halogens is 2. The highest BCUT2D eigenvalue weighted by Gasteiger charge is 2.27. The molecule has 5 nitrogen and oxygen atoms in total. The van der Waals surface area contributed by atoms with Crippen molar-refractivity contribution in [3.05, 3.63) is 69.2 Å². The van der Waals surface area contributed by atoms with Crippen molar-refractivity contribution in [2.24, 2.45) is 0 Å². The van der Waals surface area contributed by atoms with Crippen LogP contribution in [0.15, 0.2) is 35.1 Å². The Morgan fingerprint density at radius 2 is 1.93 bits per heavy atom. The average Bonchev–Trinajstić information content (AvgIpc) is 3.46. The van der Waals surface area contributed by atoms with Crippen LogP contribution in [0.25, 0.3) is 5.57 Å². The number of nitrogens with one attached hydrogen (secondary N) is 2. The predicted octanol–water partition coefficient (Wildman–Crippen LogP) is 3.64. The molecule has 0 unspecified atom stereocenters. The van der Waals surface area contributed by atoms with E-state index in [4.69, 9.17) is 4.74 Å². The fourth-order valence-electron chi connectivity index (χ4n) is 3.65. The maximum absolute atomic E-state index is 14.9. The number of amides is 1. The zero-order valence-corrected chi connectivity index (χ0v) is 16.1. The van der Waals surface area contributed by atoms with Gasteiger partial charge in [-0.25, -0.2) is 4.39 Å². The summed E-state index contributed by atoms with van der Waals surface area (Å²) >= 11 is 0. The first-order valence-corrected chi connectivity index (χ1v) is 9.84. The number of pyridine rings is 1. The van der Waals surface area contributed by atoms with Gasteiger partial charge in [0.25, 0.3) is 5.56 Å². The molecule has 4 rings (SSSR count). The van der Waals surface area contributed by atoms with Crippen molar-refractivity contribution in [2.75, 3.05) is 6.61 Å². The topological polar surface area (TPSA) is 71.2 Å². The number of rotatable bonds is 6. The lowest BCUT2D eigenvalue weighted by molar-refractivity contribution is -0.119. The third-order valence-corrected chi connectivity index (χ3v) is 5.28. The summed E-state index contributed by atoms with van der Waals surface area (Å²) in [5.41, 5.74) is 1.19. The zero-order chi connectivity index (χ0) is 20.5. The minimum Gasteiger partial charge on any atom is -0.491 e. The monoisotopic (exact) mass is 400 g/mol. The first-order valence-electron chi connectivity index (χ1n) is 9.84. The Balaban J connectivity index is 1.80. The van der Waals surface area contributed by atoms with E-state index in [2.05, 4.69) is 10.3 Å². The molecule has 2 aliphatic rings. The van der Waals surface area contributed by atoms with Gasteiger partial charge in [-0.15, -0.1) is 0 Å². The number of ether oxygens (including phenoxy) is 1. The maximum atomic E-state index is 14.9. The zero-order valence-electron chi connectivity index (χ0n) is 16.1. The van der Waals surface area contributed by atoms with Gasteiger partial charge in [0.15, 0.2) is 11.6 Å². The molecule has 29 heavy (non-hydrogen) atoms. The van der Waals surface area contributed by atoms with Crippen LogP contribution in [0.1, 0.15) is 55.3 Å². The molecule has 0 spiro atoms. The summed E-state index contributed by atoms with van der Waals surface area (Å²) in [6, 6.07) is 5.94. The van der Waals surface area contributed by atoms with Gasteiger partial charge in [-0.05, 0) is 50.3 Å². The lowest BCUT2D eigenvalue weighted by Gasteiger charge is -2.15. The Morgan fingerprint density at radius 3 is 2.55 bits per heavy atom. The first kappa shape index (κ1) is 19.4. The van der Waals surface area contributed by atoms with Crippen LogP contribution in [0.2, 0.25) is 0 Å². The Labute approximate surface area is 166 Å². The Morgan fingerprint density at radius 1 is 1.14 bits per heavy atom. The van der Waals surface area contributed by atoms with E-state index in [1.165, 1.54) is 12.1 Å². The van der Waals surface area contributed by atoms with Crippen LogP contribution >= 0.6 is 0 Å². The van der Waals surface area contributed by atoms with Crippen molar-refractivity contribution in [1.29, 1.82) is 0 Å². The molecule has 1 aliphatic heterocycles. The minimum atomic E-state index is -1.08. The van der Waals surface area contributed by atoms with Crippen molar-refractivity contribution in [1.82, 2.24) is 10.3 Å². The number of hydrogen-bond acceptors (Lipinski definition) is 3. The molecule has 1 saturated carbocycles. The lowest BCUT2D eigenvalue weighted by atomic mass is 9.97. The first-order chi connectivity index (χ1) is 14.0. The molecule has 1 aliphatic carbocycles. The van der Waals surface area contributed by atoms with Crippen LogP contribution in [0, 0.1) is 11.6 Å². The molecule has 0 radical (unpaired) electrons. The van der Waals surface area contributed by atoms with E-state index in [9.17, 15) is 18.4 Å². The average molecular weight is 400 g/mol. The fraction of sp³-hybridized carbons (Fsp3) is 0.364. The van der Waals surface area contributed by atoms with Gasteiger partial charge in [-0.1, -0.05) is 12.1 Å². The summed E-state index contributed by atoms with van der Waals surface area (Å²) < 4.78 is 34.5. The van der Waals surface area contributed by atoms with Gasteiger partial charge in [-0.2, -0.15) is 4.39 Å². The second kappa shape index (κ2) is 7.81. The largest absolute Gasteiger partial charge is 0.491 e. The van der Waals surface area contributed by atoms with Gasteiger partial charge in [0, 0.05) is 34.9 Å². The van der Waals surface area contributed by atoms with E-state index < -0.39 is 11.6 Å². The molecule has 1 saturated heterocycles. The highest BCUT2D eigenvalue weighted by Crippen LogP contribution is 2.38. The molecule has 2 aromatic rings. The van der Waals surface area contributed by atoms with Crippen molar-refractivity contribution in [3.8, 4) is 5.75 Å². The SMILES string of the molecule is CCOc1ccc(C(=C[C@H]2CCC(=O)N2)c2ccc(C3CC3)c(=O)[nH]2)c(F)c1F. The molecular formula is C22H22F2N2O3. The molecule has 7 heteroatoms. The van der Waals surface area contributed by atoms with Gasteiger partial charge < -0.3 is 15.0 Å². The highest BCUT2D eigenvalue weighted by atomic mass is 19.2. The lowest BCUT2D eigenvalue weighted by Crippen LogP contribution is -2.24. The van der Waals surface area contributed by atoms with Crippen LogP contribution in [0.5, 0.6) is 5.75 Å². The number of benzene rings is 1. The quantitative estimate of drug-likeness (QED) is 0.778. The van der Waals surface area contributed by atoms with E-state index in [1.807, 2.05) is 0 Å². The van der Waals surface area contributed by atoms with Crippen molar-refractivity contribution in [2.45, 2.75) is 44.6 Å². The maximum Gasteiger partial charge on any atom is 0.251 e. The number of carbonyl (C=O) groups excluding carboxylic acids is 1. The van der Waals surface area contributed by atoms with Gasteiger partial charge in [0.2, 0.25) is 11.7 Å². The van der Waals surface area contributed by atoms with Crippen molar-refractivity contribution >= 4 is 11.5 Å². The molecule has 1 amide bonds. The molecular weight excluding hydrogens is 378 g/mol. The van der Waals surface area contributed by atoms with Crippen LogP contribution < -0.4 is 15.6 Å². The summed E-state index contributed by atoms with van der Waals surface area (Å²) in [5, 5.41) is 2.80. The number of aromatic amines is 1. The highest BCUT2D eigenvalue weighted by molar-refractivity contribution is 5.82. The Bertz CT molecular complexity index is 1040. The molecule has 2 heterocycles. The summed E-state index contributed by atoms with van der Waals surface area (Å²) in [4.78, 5) is 26.9. The summed E-state index contributed by atoms with van der Waals surface area (Å²) in [7, 11) is 0. The minimum absolute atomic E-state index is 0.00178. The standard InChI is InChI=1S/C22H22F2N2O3/c1-2-29-18-9-7-15(20(23)21(18)24)16(11-13-5-10-19(27)25-13)17-8-6-14(12-3-4-12)22(28)26-17/h6-9,11-13H,2-5,10H2,1H3,(H,25,27)(H,26,28)/t13-/m1/s1. The second-order valence-corrected chi connectivity index (χ2v) is 7.40. The summed E-state index contributed by atoms with van der Waals surface area (Å²) in [5.74, 6) is -2.13. The van der Waals surface area contributed by atoms with E-state index in [0.29, 0.717) is 29.7 Å². The van der Waals surface area contributed by atoms with E-state index in [-0.39, 0.29) is 41.3 Å². The van der Waals surface area contributed by atoms with Crippen LogP contribution in [-0.4, -0.2) is 23.5 Å². The van der Waals surface area contributed by atoms with Crippen LogP contribution in [0.4, 0.5) is 8.78 Å². The number of aromatic nitrogens is 1. The number of H-pyrrole nitrogens is 1. The van der Waals surface area contributed by atoms with Crippen molar-refractivity contribution in [3.63, 3.8) is 0 Å². The smallest absolute Gasteiger partial charge is 0.251 e. The molecule has 1 aromatic heterocycles. The van der Waals surface area contributed by atoms with E-state index >= 15 is 0 Å². The van der Waals surface area contributed by atoms with Gasteiger partial charge in [-0.3, -0.25) is 9.59 Å². The third kappa shape index (κ3) is 3.95. The summed E-state index contributed by atoms with van der Waals surface area (Å²) in [6.45, 7) is 1.90. The van der Waals surface area contributed by atoms with E-state index in [0.717, 1.165) is 12.8 Å². The van der Waals surface area contributed by atoms with Crippen LogP contribution in [0.3, 0.4) is 0 Å². The van der Waals surface area contributed by atoms with Gasteiger partial charge in [0.05, 0.1) is 6.61 Å². The molecule has 1 atom stereocenters. The number of carbonyl (C=O) groups is 1. The van der Waals surface area contributed by atoms with E-state index in [1.54, 1.807) is 25.1 Å². The molecule has 152 valence electrons. The molecule has 2 N–H and O–H groups in total. The normalized spacial score (nSPS) is 19.3. The van der Waals surface area contributed by atoms with Crippen molar-refractivity contribution < 1.29 is 18.3 Å².